The van der Waals surface area contributed by atoms with E-state index in [2.05, 4.69) is 5.32 Å². The van der Waals surface area contributed by atoms with Gasteiger partial charge >= 0.3 is 0 Å². The highest BCUT2D eigenvalue weighted by molar-refractivity contribution is 6.25. The molecule has 0 saturated carbocycles. The van der Waals surface area contributed by atoms with E-state index < -0.39 is 0 Å². The first kappa shape index (κ1) is 11.6. The molecule has 1 aliphatic rings. The van der Waals surface area contributed by atoms with E-state index in [0.29, 0.717) is 12.0 Å². The van der Waals surface area contributed by atoms with Gasteiger partial charge in [-0.3, -0.25) is 9.59 Å². The van der Waals surface area contributed by atoms with Crippen LogP contribution in [0.1, 0.15) is 25.0 Å². The van der Waals surface area contributed by atoms with Crippen LogP contribution in [0, 0.1) is 0 Å². The molecule has 0 aliphatic heterocycles. The van der Waals surface area contributed by atoms with Gasteiger partial charge in [-0.1, -0.05) is 24.3 Å². The molecule has 0 bridgehead atoms. The highest BCUT2D eigenvalue weighted by Crippen LogP contribution is 2.24. The van der Waals surface area contributed by atoms with E-state index in [-0.39, 0.29) is 17.7 Å². The molecule has 1 aliphatic carbocycles. The molecule has 1 aromatic carbocycles. The monoisotopic (exact) mass is 229 g/mol. The van der Waals surface area contributed by atoms with E-state index in [4.69, 9.17) is 0 Å². The number of ketones is 1. The molecule has 0 aromatic heterocycles. The van der Waals surface area contributed by atoms with Crippen LogP contribution < -0.4 is 5.32 Å². The molecule has 1 N–H and O–H groups in total. The second-order valence-corrected chi connectivity index (χ2v) is 4.49. The number of carbonyl (C=O) groups is 2. The Hall–Kier alpha value is -1.90. The van der Waals surface area contributed by atoms with Crippen molar-refractivity contribution in [3.8, 4) is 0 Å². The summed E-state index contributed by atoms with van der Waals surface area (Å²) in [5.41, 5.74) is 2.27. The van der Waals surface area contributed by atoms with Crippen LogP contribution in [0.5, 0.6) is 0 Å². The SMILES string of the molecule is CC(C)NC(=O)C1=CC(=O)Cc2ccccc21. The number of fused-ring (bicyclic) bond motifs is 1. The Kier molecular flexibility index (Phi) is 3.09. The summed E-state index contributed by atoms with van der Waals surface area (Å²) in [5, 5.41) is 2.81. The normalized spacial score (nSPS) is 14.3. The zero-order valence-electron chi connectivity index (χ0n) is 9.99. The van der Waals surface area contributed by atoms with Gasteiger partial charge in [0.2, 0.25) is 0 Å². The minimum Gasteiger partial charge on any atom is -0.350 e. The van der Waals surface area contributed by atoms with Crippen LogP contribution in [0.2, 0.25) is 0 Å². The van der Waals surface area contributed by atoms with Crippen LogP contribution in [0.4, 0.5) is 0 Å². The van der Waals surface area contributed by atoms with Crippen LogP contribution in [-0.4, -0.2) is 17.7 Å². The molecule has 0 spiro atoms. The third-order valence-electron chi connectivity index (χ3n) is 2.64. The van der Waals surface area contributed by atoms with Crippen molar-refractivity contribution in [2.75, 3.05) is 0 Å². The third-order valence-corrected chi connectivity index (χ3v) is 2.64. The molecule has 1 amide bonds. The zero-order chi connectivity index (χ0) is 12.4. The van der Waals surface area contributed by atoms with Crippen LogP contribution in [-0.2, 0) is 16.0 Å². The molecule has 3 nitrogen and oxygen atoms in total. The summed E-state index contributed by atoms with van der Waals surface area (Å²) >= 11 is 0. The summed E-state index contributed by atoms with van der Waals surface area (Å²) in [4.78, 5) is 23.6. The maximum atomic E-state index is 12.0. The predicted molar refractivity (Wildman–Crippen MR) is 66.4 cm³/mol. The summed E-state index contributed by atoms with van der Waals surface area (Å²) in [5.74, 6) is -0.196. The molecule has 0 fully saturated rings. The fourth-order valence-corrected chi connectivity index (χ4v) is 1.94. The second-order valence-electron chi connectivity index (χ2n) is 4.49. The van der Waals surface area contributed by atoms with Gasteiger partial charge in [-0.05, 0) is 31.1 Å². The lowest BCUT2D eigenvalue weighted by atomic mass is 9.89. The molecule has 3 heteroatoms. The lowest BCUT2D eigenvalue weighted by Crippen LogP contribution is -2.32. The minimum absolute atomic E-state index is 0.0161. The van der Waals surface area contributed by atoms with Crippen molar-refractivity contribution >= 4 is 17.3 Å². The Balaban J connectivity index is 2.39. The summed E-state index contributed by atoms with van der Waals surface area (Å²) in [6.07, 6.45) is 1.83. The molecule has 17 heavy (non-hydrogen) atoms. The molecule has 0 atom stereocenters. The first-order chi connectivity index (χ1) is 8.08. The number of hydrogen-bond acceptors (Lipinski definition) is 2. The van der Waals surface area contributed by atoms with Crippen molar-refractivity contribution in [3.05, 3.63) is 41.5 Å². The van der Waals surface area contributed by atoms with Gasteiger partial charge in [0.05, 0.1) is 5.57 Å². The van der Waals surface area contributed by atoms with Gasteiger partial charge in [0.15, 0.2) is 5.78 Å². The molecule has 0 saturated heterocycles. The highest BCUT2D eigenvalue weighted by atomic mass is 16.2. The molecule has 0 radical (unpaired) electrons. The Morgan fingerprint density at radius 3 is 2.71 bits per heavy atom. The Labute approximate surface area is 101 Å². The Bertz CT molecular complexity index is 501. The lowest BCUT2D eigenvalue weighted by molar-refractivity contribution is -0.117. The van der Waals surface area contributed by atoms with Gasteiger partial charge in [-0.15, -0.1) is 0 Å². The van der Waals surface area contributed by atoms with E-state index in [0.717, 1.165) is 11.1 Å². The average molecular weight is 229 g/mol. The van der Waals surface area contributed by atoms with Crippen LogP contribution >= 0.6 is 0 Å². The number of allylic oxidation sites excluding steroid dienone is 1. The maximum Gasteiger partial charge on any atom is 0.252 e. The van der Waals surface area contributed by atoms with Gasteiger partial charge in [-0.25, -0.2) is 0 Å². The van der Waals surface area contributed by atoms with Crippen molar-refractivity contribution in [3.63, 3.8) is 0 Å². The topological polar surface area (TPSA) is 46.2 Å². The van der Waals surface area contributed by atoms with E-state index in [1.165, 1.54) is 6.08 Å². The first-order valence-corrected chi connectivity index (χ1v) is 5.71. The third kappa shape index (κ3) is 2.44. The van der Waals surface area contributed by atoms with Crippen molar-refractivity contribution < 1.29 is 9.59 Å². The quantitative estimate of drug-likeness (QED) is 0.839. The van der Waals surface area contributed by atoms with E-state index in [1.807, 2.05) is 38.1 Å². The number of benzene rings is 1. The van der Waals surface area contributed by atoms with E-state index >= 15 is 0 Å². The number of amides is 1. The number of hydrogen-bond donors (Lipinski definition) is 1. The predicted octanol–water partition coefficient (Wildman–Crippen LogP) is 1.72. The molecular formula is C14H15NO2. The van der Waals surface area contributed by atoms with Crippen LogP contribution in [0.25, 0.3) is 5.57 Å². The van der Waals surface area contributed by atoms with Crippen molar-refractivity contribution in [1.29, 1.82) is 0 Å². The van der Waals surface area contributed by atoms with Crippen molar-refractivity contribution in [1.82, 2.24) is 5.32 Å². The molecule has 0 unspecified atom stereocenters. The molecular weight excluding hydrogens is 214 g/mol. The molecule has 88 valence electrons. The number of nitrogens with one attached hydrogen (secondary N) is 1. The fraction of sp³-hybridized carbons (Fsp3) is 0.286. The smallest absolute Gasteiger partial charge is 0.252 e. The van der Waals surface area contributed by atoms with E-state index in [1.54, 1.807) is 0 Å². The van der Waals surface area contributed by atoms with Crippen molar-refractivity contribution in [2.45, 2.75) is 26.3 Å². The van der Waals surface area contributed by atoms with Gasteiger partial charge in [-0.2, -0.15) is 0 Å². The van der Waals surface area contributed by atoms with Gasteiger partial charge in [0.25, 0.3) is 5.91 Å². The van der Waals surface area contributed by atoms with Crippen LogP contribution in [0.15, 0.2) is 30.3 Å². The first-order valence-electron chi connectivity index (χ1n) is 5.71. The van der Waals surface area contributed by atoms with Crippen LogP contribution in [0.3, 0.4) is 0 Å². The summed E-state index contributed by atoms with van der Waals surface area (Å²) in [7, 11) is 0. The summed E-state index contributed by atoms with van der Waals surface area (Å²) in [6.45, 7) is 3.80. The maximum absolute atomic E-state index is 12.0. The molecule has 2 rings (SSSR count). The average Bonchev–Trinajstić information content (AvgIpc) is 2.26. The summed E-state index contributed by atoms with van der Waals surface area (Å²) < 4.78 is 0. The molecule has 0 heterocycles. The Morgan fingerprint density at radius 1 is 1.29 bits per heavy atom. The second kappa shape index (κ2) is 4.53. The fourth-order valence-electron chi connectivity index (χ4n) is 1.94. The van der Waals surface area contributed by atoms with Gasteiger partial charge in [0.1, 0.15) is 0 Å². The number of rotatable bonds is 2. The highest BCUT2D eigenvalue weighted by Gasteiger charge is 2.22. The Morgan fingerprint density at radius 2 is 2.00 bits per heavy atom. The van der Waals surface area contributed by atoms with Crippen molar-refractivity contribution in [2.24, 2.45) is 0 Å². The van der Waals surface area contributed by atoms with Gasteiger partial charge < -0.3 is 5.32 Å². The lowest BCUT2D eigenvalue weighted by Gasteiger charge is -2.17. The van der Waals surface area contributed by atoms with Gasteiger partial charge in [0, 0.05) is 12.5 Å². The largest absolute Gasteiger partial charge is 0.350 e. The van der Waals surface area contributed by atoms with E-state index in [9.17, 15) is 9.59 Å². The minimum atomic E-state index is -0.180. The standard InChI is InChI=1S/C14H15NO2/c1-9(2)15-14(17)13-8-11(16)7-10-5-3-4-6-12(10)13/h3-6,8-9H,7H2,1-2H3,(H,15,17). The zero-order valence-corrected chi connectivity index (χ0v) is 9.99. The molecule has 1 aromatic rings. The summed E-state index contributed by atoms with van der Waals surface area (Å²) in [6, 6.07) is 7.60. The number of carbonyl (C=O) groups excluding carboxylic acids is 2.